The number of nitrogens with zero attached hydrogens (tertiary/aromatic N) is 2. The number of rotatable bonds is 9. The van der Waals surface area contributed by atoms with Crippen molar-refractivity contribution in [2.75, 3.05) is 18.9 Å². The lowest BCUT2D eigenvalue weighted by atomic mass is 10.1. The van der Waals surface area contributed by atoms with E-state index in [0.29, 0.717) is 33.9 Å². The molecule has 1 aliphatic rings. The molecule has 0 fully saturated rings. The Labute approximate surface area is 201 Å². The first-order chi connectivity index (χ1) is 16.6. The minimum atomic E-state index is -0.475. The van der Waals surface area contributed by atoms with Gasteiger partial charge in [0.15, 0.2) is 5.16 Å². The summed E-state index contributed by atoms with van der Waals surface area (Å²) in [5.74, 6) is -0.206. The zero-order chi connectivity index (χ0) is 23.9. The van der Waals surface area contributed by atoms with Crippen LogP contribution >= 0.6 is 11.8 Å². The summed E-state index contributed by atoms with van der Waals surface area (Å²) in [4.78, 5) is 42.3. The third-order valence-electron chi connectivity index (χ3n) is 5.44. The van der Waals surface area contributed by atoms with Crippen LogP contribution in [0.25, 0.3) is 10.9 Å². The zero-order valence-electron chi connectivity index (χ0n) is 18.9. The Kier molecular flexibility index (Phi) is 7.64. The monoisotopic (exact) mass is 478 g/mol. The van der Waals surface area contributed by atoms with E-state index in [1.54, 1.807) is 17.6 Å². The van der Waals surface area contributed by atoms with E-state index in [9.17, 15) is 14.4 Å². The molecule has 1 aliphatic heterocycles. The molecule has 3 aromatic rings. The van der Waals surface area contributed by atoms with Crippen molar-refractivity contribution in [3.05, 3.63) is 81.8 Å². The molecule has 2 N–H and O–H groups in total. The van der Waals surface area contributed by atoms with E-state index in [1.807, 2.05) is 36.4 Å². The summed E-state index contributed by atoms with van der Waals surface area (Å²) >= 11 is 1.31. The lowest BCUT2D eigenvalue weighted by Crippen LogP contribution is -2.44. The first-order valence-electron chi connectivity index (χ1n) is 11.2. The van der Waals surface area contributed by atoms with Gasteiger partial charge in [0.05, 0.1) is 29.6 Å². The van der Waals surface area contributed by atoms with Crippen LogP contribution < -0.4 is 16.2 Å². The van der Waals surface area contributed by atoms with Crippen molar-refractivity contribution in [1.82, 2.24) is 20.2 Å². The number of carbonyl (C=O) groups excluding carboxylic acids is 2. The van der Waals surface area contributed by atoms with E-state index in [1.165, 1.54) is 17.3 Å². The van der Waals surface area contributed by atoms with Gasteiger partial charge >= 0.3 is 12.0 Å². The number of hydrogen-bond donors (Lipinski definition) is 2. The highest BCUT2D eigenvalue weighted by Gasteiger charge is 2.24. The molecule has 2 amide bonds. The Morgan fingerprint density at radius 2 is 1.88 bits per heavy atom. The van der Waals surface area contributed by atoms with Gasteiger partial charge in [-0.15, -0.1) is 0 Å². The number of benzene rings is 2. The average molecular weight is 479 g/mol. The fourth-order valence-electron chi connectivity index (χ4n) is 3.75. The third-order valence-corrected chi connectivity index (χ3v) is 6.44. The van der Waals surface area contributed by atoms with Crippen molar-refractivity contribution in [3.8, 4) is 0 Å². The molecule has 0 saturated heterocycles. The minimum Gasteiger partial charge on any atom is -0.463 e. The van der Waals surface area contributed by atoms with Gasteiger partial charge in [-0.2, -0.15) is 0 Å². The first kappa shape index (κ1) is 23.6. The molecule has 4 rings (SSSR count). The van der Waals surface area contributed by atoms with E-state index in [-0.39, 0.29) is 30.5 Å². The molecule has 8 nitrogen and oxygen atoms in total. The predicted octanol–water partition coefficient (Wildman–Crippen LogP) is 3.25. The molecule has 9 heteroatoms. The van der Waals surface area contributed by atoms with Crippen LogP contribution in [0.1, 0.15) is 18.9 Å². The molecule has 0 spiro atoms. The van der Waals surface area contributed by atoms with Crippen LogP contribution in [0.2, 0.25) is 0 Å². The van der Waals surface area contributed by atoms with E-state index in [4.69, 9.17) is 9.72 Å². The maximum atomic E-state index is 13.3. The van der Waals surface area contributed by atoms with Gasteiger partial charge in [0.2, 0.25) is 0 Å². The van der Waals surface area contributed by atoms with Crippen molar-refractivity contribution in [2.24, 2.45) is 0 Å². The van der Waals surface area contributed by atoms with Crippen LogP contribution in [0.15, 0.2) is 75.8 Å². The zero-order valence-corrected chi connectivity index (χ0v) is 19.7. The van der Waals surface area contributed by atoms with Gasteiger partial charge in [-0.3, -0.25) is 9.36 Å². The van der Waals surface area contributed by atoms with Crippen LogP contribution in [0.4, 0.5) is 4.79 Å². The van der Waals surface area contributed by atoms with Crippen LogP contribution in [-0.4, -0.2) is 40.5 Å². The topological polar surface area (TPSA) is 102 Å². The van der Waals surface area contributed by atoms with Gasteiger partial charge in [-0.25, -0.2) is 14.6 Å². The number of esters is 1. The number of para-hydroxylation sites is 1. The molecule has 0 atom stereocenters. The molecule has 1 aromatic heterocycles. The highest BCUT2D eigenvalue weighted by molar-refractivity contribution is 7.99. The Balaban J connectivity index is 1.61. The summed E-state index contributed by atoms with van der Waals surface area (Å²) in [6.07, 6.45) is 1.61. The van der Waals surface area contributed by atoms with Gasteiger partial charge in [-0.1, -0.05) is 54.2 Å². The first-order valence-corrected chi connectivity index (χ1v) is 12.2. The van der Waals surface area contributed by atoms with Crippen molar-refractivity contribution in [3.63, 3.8) is 0 Å². The standard InChI is InChI=1S/C25H26N4O4S/c1-2-33-23(31)19-15-26-24(32)27-21(19)16-34-25-28-20-13-7-6-12-18(20)22(30)29(25)14-8-11-17-9-4-3-5-10-17/h3-7,9-10,12-13H,2,8,11,14-16H2,1H3,(H2,26,27,32). The number of carbonyl (C=O) groups is 2. The van der Waals surface area contributed by atoms with Gasteiger partial charge in [0.1, 0.15) is 0 Å². The summed E-state index contributed by atoms with van der Waals surface area (Å²) in [6.45, 7) is 2.57. The normalized spacial score (nSPS) is 13.5. The van der Waals surface area contributed by atoms with Crippen LogP contribution in [-0.2, 0) is 22.5 Å². The van der Waals surface area contributed by atoms with Gasteiger partial charge in [-0.05, 0) is 37.5 Å². The number of nitrogens with one attached hydrogen (secondary N) is 2. The molecule has 2 heterocycles. The molecule has 176 valence electrons. The lowest BCUT2D eigenvalue weighted by Gasteiger charge is -2.21. The Bertz CT molecular complexity index is 1290. The van der Waals surface area contributed by atoms with E-state index in [2.05, 4.69) is 22.8 Å². The van der Waals surface area contributed by atoms with Gasteiger partial charge in [0, 0.05) is 18.0 Å². The quantitative estimate of drug-likeness (QED) is 0.278. The lowest BCUT2D eigenvalue weighted by molar-refractivity contribution is -0.138. The molecule has 0 radical (unpaired) electrons. The van der Waals surface area contributed by atoms with Crippen LogP contribution in [0, 0.1) is 0 Å². The number of ether oxygens (including phenoxy) is 1. The fraction of sp³-hybridized carbons (Fsp3) is 0.280. The molecule has 2 aromatic carbocycles. The summed E-state index contributed by atoms with van der Waals surface area (Å²) in [7, 11) is 0. The second-order valence-corrected chi connectivity index (χ2v) is 8.67. The SMILES string of the molecule is CCOC(=O)C1=C(CSc2nc3ccccc3c(=O)n2CCCc2ccccc2)NC(=O)NC1. The smallest absolute Gasteiger partial charge is 0.337 e. The second-order valence-electron chi connectivity index (χ2n) is 7.73. The number of aromatic nitrogens is 2. The number of fused-ring (bicyclic) bond motifs is 1. The Morgan fingerprint density at radius 3 is 2.68 bits per heavy atom. The number of hydrogen-bond acceptors (Lipinski definition) is 6. The Hall–Kier alpha value is -3.59. The molecule has 0 aliphatic carbocycles. The van der Waals surface area contributed by atoms with E-state index in [0.717, 1.165) is 12.8 Å². The minimum absolute atomic E-state index is 0.0928. The van der Waals surface area contributed by atoms with E-state index < -0.39 is 5.97 Å². The summed E-state index contributed by atoms with van der Waals surface area (Å²) in [5, 5.41) is 6.41. The number of amides is 2. The van der Waals surface area contributed by atoms with Crippen molar-refractivity contribution < 1.29 is 14.3 Å². The third kappa shape index (κ3) is 5.48. The highest BCUT2D eigenvalue weighted by Crippen LogP contribution is 2.22. The summed E-state index contributed by atoms with van der Waals surface area (Å²) < 4.78 is 6.81. The highest BCUT2D eigenvalue weighted by atomic mass is 32.2. The molecule has 34 heavy (non-hydrogen) atoms. The molecule has 0 saturated carbocycles. The molecule has 0 unspecified atom stereocenters. The Morgan fingerprint density at radius 1 is 1.12 bits per heavy atom. The summed E-state index contributed by atoms with van der Waals surface area (Å²) in [6, 6.07) is 17.0. The summed E-state index contributed by atoms with van der Waals surface area (Å²) in [5.41, 5.74) is 2.55. The fourth-order valence-corrected chi connectivity index (χ4v) is 4.76. The van der Waals surface area contributed by atoms with Gasteiger partial charge in [0.25, 0.3) is 5.56 Å². The van der Waals surface area contributed by atoms with Gasteiger partial charge < -0.3 is 15.4 Å². The van der Waals surface area contributed by atoms with Crippen LogP contribution in [0.5, 0.6) is 0 Å². The second kappa shape index (κ2) is 11.0. The molecule has 0 bridgehead atoms. The van der Waals surface area contributed by atoms with Crippen molar-refractivity contribution >= 4 is 34.7 Å². The number of aryl methyl sites for hydroxylation is 1. The number of urea groups is 1. The number of thioether (sulfide) groups is 1. The maximum absolute atomic E-state index is 13.3. The predicted molar refractivity (Wildman–Crippen MR) is 132 cm³/mol. The largest absolute Gasteiger partial charge is 0.463 e. The van der Waals surface area contributed by atoms with Crippen LogP contribution in [0.3, 0.4) is 0 Å². The van der Waals surface area contributed by atoms with E-state index >= 15 is 0 Å². The molecular weight excluding hydrogens is 452 g/mol. The average Bonchev–Trinajstić information content (AvgIpc) is 2.85. The van der Waals surface area contributed by atoms with Crippen molar-refractivity contribution in [1.29, 1.82) is 0 Å². The maximum Gasteiger partial charge on any atom is 0.337 e. The molecular formula is C25H26N4O4S. The van der Waals surface area contributed by atoms with Crippen molar-refractivity contribution in [2.45, 2.75) is 31.5 Å².